The largest absolute Gasteiger partial charge is 0.295 e. The van der Waals surface area contributed by atoms with Gasteiger partial charge in [-0.25, -0.2) is 4.68 Å². The Bertz CT molecular complexity index is 922. The number of aromatic nitrogens is 2. The second kappa shape index (κ2) is 7.30. The first-order valence-corrected chi connectivity index (χ1v) is 9.28. The second-order valence-corrected chi connectivity index (χ2v) is 7.10. The highest BCUT2D eigenvalue weighted by Gasteiger charge is 2.16. The summed E-state index contributed by atoms with van der Waals surface area (Å²) in [6.45, 7) is 7.31. The van der Waals surface area contributed by atoms with Crippen molar-refractivity contribution in [2.45, 2.75) is 26.8 Å². The number of hydrogen-bond acceptors (Lipinski definition) is 2. The summed E-state index contributed by atoms with van der Waals surface area (Å²) >= 11 is 0. The molecule has 0 N–H and O–H groups in total. The van der Waals surface area contributed by atoms with Crippen molar-refractivity contribution in [1.29, 1.82) is 0 Å². The molecule has 0 atom stereocenters. The highest BCUT2D eigenvalue weighted by atomic mass is 15.3. The molecule has 0 aliphatic carbocycles. The smallest absolute Gasteiger partial charge is 0.0645 e. The molecule has 3 nitrogen and oxygen atoms in total. The normalized spacial score (nSPS) is 15.1. The molecule has 0 radical (unpaired) electrons. The Balaban J connectivity index is 1.45. The summed E-state index contributed by atoms with van der Waals surface area (Å²) in [5.41, 5.74) is 7.71. The lowest BCUT2D eigenvalue weighted by molar-refractivity contribution is 0.293. The van der Waals surface area contributed by atoms with Gasteiger partial charge < -0.3 is 0 Å². The lowest BCUT2D eigenvalue weighted by Crippen LogP contribution is -2.28. The second-order valence-electron chi connectivity index (χ2n) is 7.10. The molecule has 0 fully saturated rings. The van der Waals surface area contributed by atoms with E-state index in [0.717, 1.165) is 37.4 Å². The molecular weight excluding hydrogens is 318 g/mol. The van der Waals surface area contributed by atoms with E-state index < -0.39 is 0 Å². The number of benzene rings is 2. The zero-order valence-corrected chi connectivity index (χ0v) is 15.5. The van der Waals surface area contributed by atoms with Crippen molar-refractivity contribution in [3.63, 3.8) is 0 Å². The van der Waals surface area contributed by atoms with Crippen LogP contribution in [0.4, 0.5) is 0 Å². The van der Waals surface area contributed by atoms with Crippen LogP contribution in [0.3, 0.4) is 0 Å². The summed E-state index contributed by atoms with van der Waals surface area (Å²) in [6, 6.07) is 19.1. The van der Waals surface area contributed by atoms with Crippen molar-refractivity contribution in [1.82, 2.24) is 14.7 Å². The zero-order valence-electron chi connectivity index (χ0n) is 15.5. The van der Waals surface area contributed by atoms with Gasteiger partial charge >= 0.3 is 0 Å². The summed E-state index contributed by atoms with van der Waals surface area (Å²) in [4.78, 5) is 2.50. The fourth-order valence-corrected chi connectivity index (χ4v) is 3.57. The zero-order chi connectivity index (χ0) is 17.9. The van der Waals surface area contributed by atoms with Crippen molar-refractivity contribution in [3.8, 4) is 5.69 Å². The van der Waals surface area contributed by atoms with E-state index in [2.05, 4.69) is 67.4 Å². The Morgan fingerprint density at radius 1 is 1.00 bits per heavy atom. The SMILES string of the molecule is Cc1cccc(C2=CCN(Cc3cn(-c4ccccc4)nc3C)CC2)c1. The predicted octanol–water partition coefficient (Wildman–Crippen LogP) is 4.78. The summed E-state index contributed by atoms with van der Waals surface area (Å²) in [5.74, 6) is 0. The van der Waals surface area contributed by atoms with E-state index in [1.165, 1.54) is 22.3 Å². The molecule has 0 spiro atoms. The van der Waals surface area contributed by atoms with Gasteiger partial charge in [-0.2, -0.15) is 5.10 Å². The quantitative estimate of drug-likeness (QED) is 0.680. The Kier molecular flexibility index (Phi) is 4.72. The van der Waals surface area contributed by atoms with Gasteiger partial charge in [0.05, 0.1) is 11.4 Å². The molecule has 132 valence electrons. The van der Waals surface area contributed by atoms with E-state index in [-0.39, 0.29) is 0 Å². The lowest BCUT2D eigenvalue weighted by atomic mass is 9.98. The summed E-state index contributed by atoms with van der Waals surface area (Å²) in [5, 5.41) is 4.69. The van der Waals surface area contributed by atoms with Crippen molar-refractivity contribution in [2.24, 2.45) is 0 Å². The molecule has 3 heteroatoms. The van der Waals surface area contributed by atoms with Gasteiger partial charge in [0.1, 0.15) is 0 Å². The topological polar surface area (TPSA) is 21.1 Å². The standard InChI is InChI=1S/C23H25N3/c1-18-7-6-8-21(15-18)20-11-13-25(14-12-20)16-22-17-26(24-19(22)2)23-9-4-3-5-10-23/h3-11,15,17H,12-14,16H2,1-2H3. The van der Waals surface area contributed by atoms with Crippen LogP contribution in [0, 0.1) is 13.8 Å². The molecule has 26 heavy (non-hydrogen) atoms. The van der Waals surface area contributed by atoms with Gasteiger partial charge in [-0.1, -0.05) is 54.1 Å². The van der Waals surface area contributed by atoms with Crippen LogP contribution in [0.1, 0.15) is 28.8 Å². The van der Waals surface area contributed by atoms with Crippen LogP contribution in [-0.2, 0) is 6.54 Å². The number of rotatable bonds is 4. The minimum absolute atomic E-state index is 0.955. The van der Waals surface area contributed by atoms with Gasteiger partial charge in [0, 0.05) is 31.4 Å². The summed E-state index contributed by atoms with van der Waals surface area (Å²) in [6.07, 6.45) is 5.66. The molecule has 0 unspecified atom stereocenters. The van der Waals surface area contributed by atoms with Gasteiger partial charge in [-0.15, -0.1) is 0 Å². The Morgan fingerprint density at radius 3 is 2.58 bits per heavy atom. The summed E-state index contributed by atoms with van der Waals surface area (Å²) in [7, 11) is 0. The van der Waals surface area contributed by atoms with Gasteiger partial charge in [-0.05, 0) is 43.5 Å². The monoisotopic (exact) mass is 343 g/mol. The molecule has 2 heterocycles. The minimum atomic E-state index is 0.955. The van der Waals surface area contributed by atoms with Crippen LogP contribution in [0.2, 0.25) is 0 Å². The van der Waals surface area contributed by atoms with Crippen molar-refractivity contribution < 1.29 is 0 Å². The third-order valence-corrected chi connectivity index (χ3v) is 5.10. The van der Waals surface area contributed by atoms with Crippen molar-refractivity contribution in [2.75, 3.05) is 13.1 Å². The van der Waals surface area contributed by atoms with E-state index in [1.54, 1.807) is 0 Å². The third kappa shape index (κ3) is 3.63. The molecule has 1 aliphatic rings. The molecule has 0 saturated heterocycles. The van der Waals surface area contributed by atoms with Gasteiger partial charge in [0.2, 0.25) is 0 Å². The van der Waals surface area contributed by atoms with E-state index in [4.69, 9.17) is 5.10 Å². The van der Waals surface area contributed by atoms with Crippen LogP contribution in [-0.4, -0.2) is 27.8 Å². The maximum Gasteiger partial charge on any atom is 0.0645 e. The number of hydrogen-bond donors (Lipinski definition) is 0. The van der Waals surface area contributed by atoms with E-state index in [1.807, 2.05) is 22.9 Å². The lowest BCUT2D eigenvalue weighted by Gasteiger charge is -2.26. The van der Waals surface area contributed by atoms with Crippen LogP contribution in [0.25, 0.3) is 11.3 Å². The van der Waals surface area contributed by atoms with Crippen LogP contribution in [0.5, 0.6) is 0 Å². The van der Waals surface area contributed by atoms with Crippen molar-refractivity contribution in [3.05, 3.63) is 89.3 Å². The maximum atomic E-state index is 4.69. The average molecular weight is 343 g/mol. The van der Waals surface area contributed by atoms with Gasteiger partial charge in [0.15, 0.2) is 0 Å². The molecule has 0 amide bonds. The first-order valence-electron chi connectivity index (χ1n) is 9.28. The fourth-order valence-electron chi connectivity index (χ4n) is 3.57. The van der Waals surface area contributed by atoms with Crippen LogP contribution in [0.15, 0.2) is 66.9 Å². The first-order chi connectivity index (χ1) is 12.7. The molecule has 1 aromatic heterocycles. The molecule has 0 bridgehead atoms. The molecule has 3 aromatic rings. The molecule has 0 saturated carbocycles. The highest BCUT2D eigenvalue weighted by Crippen LogP contribution is 2.24. The molecule has 1 aliphatic heterocycles. The minimum Gasteiger partial charge on any atom is -0.295 e. The number of aryl methyl sites for hydroxylation is 2. The van der Waals surface area contributed by atoms with Crippen molar-refractivity contribution >= 4 is 5.57 Å². The Labute approximate surface area is 155 Å². The first kappa shape index (κ1) is 16.8. The molecule has 2 aromatic carbocycles. The predicted molar refractivity (Wildman–Crippen MR) is 107 cm³/mol. The average Bonchev–Trinajstić information content (AvgIpc) is 3.04. The van der Waals surface area contributed by atoms with E-state index in [0.29, 0.717) is 0 Å². The summed E-state index contributed by atoms with van der Waals surface area (Å²) < 4.78 is 1.99. The Hall–Kier alpha value is -2.65. The van der Waals surface area contributed by atoms with Gasteiger partial charge in [0.25, 0.3) is 0 Å². The maximum absolute atomic E-state index is 4.69. The van der Waals surface area contributed by atoms with E-state index in [9.17, 15) is 0 Å². The Morgan fingerprint density at radius 2 is 1.85 bits per heavy atom. The number of nitrogens with zero attached hydrogens (tertiary/aromatic N) is 3. The van der Waals surface area contributed by atoms with Crippen LogP contribution < -0.4 is 0 Å². The fraction of sp³-hybridized carbons (Fsp3) is 0.261. The third-order valence-electron chi connectivity index (χ3n) is 5.10. The highest BCUT2D eigenvalue weighted by molar-refractivity contribution is 5.67. The van der Waals surface area contributed by atoms with Crippen LogP contribution >= 0.6 is 0 Å². The van der Waals surface area contributed by atoms with Gasteiger partial charge in [-0.3, -0.25) is 4.90 Å². The molecule has 4 rings (SSSR count). The molecular formula is C23H25N3. The van der Waals surface area contributed by atoms with E-state index >= 15 is 0 Å². The number of para-hydroxylation sites is 1.